The number of nitrogens with one attached hydrogen (secondary N) is 1. The Labute approximate surface area is 183 Å². The number of benzene rings is 1. The molecule has 0 radical (unpaired) electrons. The van der Waals surface area contributed by atoms with Crippen LogP contribution in [-0.4, -0.2) is 46.6 Å². The number of halogens is 3. The van der Waals surface area contributed by atoms with Gasteiger partial charge in [-0.05, 0) is 50.8 Å². The average Bonchev–Trinajstić information content (AvgIpc) is 2.69. The molecular formula is C21H26F3N3O5. The summed E-state index contributed by atoms with van der Waals surface area (Å²) < 4.78 is 45.0. The SMILES string of the molecule is C[C@@H](c1ccc([N+](=O)[O-])c(F)c1)[C@@H](NC(=O)OC(C)(C)C)C(=O)N1CCC(=C(F)F)CC1. The van der Waals surface area contributed by atoms with E-state index in [1.807, 2.05) is 0 Å². The Hall–Kier alpha value is -3.11. The van der Waals surface area contributed by atoms with E-state index in [0.29, 0.717) is 0 Å². The fraction of sp³-hybridized carbons (Fsp3) is 0.524. The second kappa shape index (κ2) is 10.0. The molecule has 176 valence electrons. The van der Waals surface area contributed by atoms with Gasteiger partial charge in [0.25, 0.3) is 6.08 Å². The molecule has 1 N–H and O–H groups in total. The van der Waals surface area contributed by atoms with Crippen LogP contribution in [0.15, 0.2) is 29.9 Å². The highest BCUT2D eigenvalue weighted by Gasteiger charge is 2.35. The maximum atomic E-state index is 14.2. The first-order chi connectivity index (χ1) is 14.8. The summed E-state index contributed by atoms with van der Waals surface area (Å²) in [5, 5.41) is 13.4. The Kier molecular flexibility index (Phi) is 7.87. The Morgan fingerprint density at radius 1 is 1.22 bits per heavy atom. The van der Waals surface area contributed by atoms with E-state index in [-0.39, 0.29) is 37.1 Å². The fourth-order valence-corrected chi connectivity index (χ4v) is 3.36. The quantitative estimate of drug-likeness (QED) is 0.518. The first kappa shape index (κ1) is 25.2. The number of carbonyl (C=O) groups is 2. The number of nitro groups is 1. The molecule has 1 heterocycles. The van der Waals surface area contributed by atoms with E-state index in [1.165, 1.54) is 11.0 Å². The molecule has 0 unspecified atom stereocenters. The van der Waals surface area contributed by atoms with Crippen LogP contribution in [0.4, 0.5) is 23.7 Å². The van der Waals surface area contributed by atoms with Gasteiger partial charge in [0, 0.05) is 25.1 Å². The molecule has 32 heavy (non-hydrogen) atoms. The number of rotatable bonds is 5. The van der Waals surface area contributed by atoms with E-state index in [4.69, 9.17) is 4.74 Å². The maximum Gasteiger partial charge on any atom is 0.408 e. The third kappa shape index (κ3) is 6.44. The zero-order valence-corrected chi connectivity index (χ0v) is 18.3. The summed E-state index contributed by atoms with van der Waals surface area (Å²) in [4.78, 5) is 36.9. The van der Waals surface area contributed by atoms with Crippen LogP contribution in [0.1, 0.15) is 52.0 Å². The van der Waals surface area contributed by atoms with Gasteiger partial charge in [-0.2, -0.15) is 13.2 Å². The normalized spacial score (nSPS) is 16.2. The van der Waals surface area contributed by atoms with Crippen molar-refractivity contribution in [3.63, 3.8) is 0 Å². The minimum Gasteiger partial charge on any atom is -0.444 e. The summed E-state index contributed by atoms with van der Waals surface area (Å²) in [5.41, 5.74) is -1.33. The van der Waals surface area contributed by atoms with Gasteiger partial charge in [-0.15, -0.1) is 0 Å². The minimum absolute atomic E-state index is 0.00771. The summed E-state index contributed by atoms with van der Waals surface area (Å²) in [6.07, 6.45) is -2.62. The summed E-state index contributed by atoms with van der Waals surface area (Å²) in [6.45, 7) is 6.56. The van der Waals surface area contributed by atoms with Crippen LogP contribution in [0.2, 0.25) is 0 Å². The van der Waals surface area contributed by atoms with Gasteiger partial charge >= 0.3 is 11.8 Å². The Bertz CT molecular complexity index is 916. The molecule has 0 aromatic heterocycles. The standard InChI is InChI=1S/C21H26F3N3O5/c1-12(14-5-6-16(27(30)31)15(22)11-14)17(25-20(29)32-21(2,3)4)19(28)26-9-7-13(8-10-26)18(23)24/h5-6,11-12,17H,7-10H2,1-4H3,(H,25,29)/t12-,17+/m0/s1. The molecule has 0 bridgehead atoms. The topological polar surface area (TPSA) is 102 Å². The van der Waals surface area contributed by atoms with Gasteiger partial charge in [0.15, 0.2) is 0 Å². The smallest absolute Gasteiger partial charge is 0.408 e. The molecule has 8 nitrogen and oxygen atoms in total. The highest BCUT2D eigenvalue weighted by atomic mass is 19.3. The van der Waals surface area contributed by atoms with Crippen molar-refractivity contribution < 1.29 is 32.4 Å². The Morgan fingerprint density at radius 2 is 1.81 bits per heavy atom. The molecule has 1 fully saturated rings. The van der Waals surface area contributed by atoms with Crippen molar-refractivity contribution in [1.29, 1.82) is 0 Å². The van der Waals surface area contributed by atoms with E-state index in [2.05, 4.69) is 5.32 Å². The molecule has 2 atom stereocenters. The lowest BCUT2D eigenvalue weighted by Gasteiger charge is -2.34. The van der Waals surface area contributed by atoms with Gasteiger partial charge in [0.2, 0.25) is 11.7 Å². The predicted molar refractivity (Wildman–Crippen MR) is 110 cm³/mol. The molecule has 1 saturated heterocycles. The van der Waals surface area contributed by atoms with Crippen molar-refractivity contribution in [2.24, 2.45) is 0 Å². The number of likely N-dealkylation sites (tertiary alicyclic amines) is 1. The largest absolute Gasteiger partial charge is 0.444 e. The molecule has 1 aliphatic heterocycles. The van der Waals surface area contributed by atoms with Gasteiger partial charge in [-0.1, -0.05) is 13.0 Å². The van der Waals surface area contributed by atoms with Crippen LogP contribution in [0, 0.1) is 15.9 Å². The third-order valence-electron chi connectivity index (χ3n) is 5.08. The van der Waals surface area contributed by atoms with Gasteiger partial charge in [0.1, 0.15) is 11.6 Å². The number of nitro benzene ring substituents is 1. The second-order valence-corrected chi connectivity index (χ2v) is 8.57. The monoisotopic (exact) mass is 457 g/mol. The van der Waals surface area contributed by atoms with Crippen LogP contribution < -0.4 is 5.32 Å². The van der Waals surface area contributed by atoms with Gasteiger partial charge in [-0.25, -0.2) is 4.79 Å². The van der Waals surface area contributed by atoms with E-state index < -0.39 is 52.1 Å². The van der Waals surface area contributed by atoms with Gasteiger partial charge in [0.05, 0.1) is 4.92 Å². The van der Waals surface area contributed by atoms with E-state index in [1.54, 1.807) is 27.7 Å². The van der Waals surface area contributed by atoms with Crippen molar-refractivity contribution >= 4 is 17.7 Å². The summed E-state index contributed by atoms with van der Waals surface area (Å²) in [7, 11) is 0. The molecule has 2 rings (SSSR count). The second-order valence-electron chi connectivity index (χ2n) is 8.57. The number of ether oxygens (including phenoxy) is 1. The molecule has 1 aromatic carbocycles. The summed E-state index contributed by atoms with van der Waals surface area (Å²) in [5.74, 6) is -2.41. The van der Waals surface area contributed by atoms with Gasteiger partial charge in [-0.3, -0.25) is 14.9 Å². The lowest BCUT2D eigenvalue weighted by molar-refractivity contribution is -0.387. The van der Waals surface area contributed by atoms with Crippen molar-refractivity contribution in [2.45, 2.75) is 58.1 Å². The number of amides is 2. The number of alkyl carbamates (subject to hydrolysis) is 1. The molecule has 11 heteroatoms. The molecule has 0 saturated carbocycles. The molecule has 1 aliphatic rings. The molecule has 0 aliphatic carbocycles. The first-order valence-corrected chi connectivity index (χ1v) is 10.1. The Balaban J connectivity index is 2.30. The summed E-state index contributed by atoms with van der Waals surface area (Å²) >= 11 is 0. The first-order valence-electron chi connectivity index (χ1n) is 10.1. The van der Waals surface area contributed by atoms with Gasteiger partial charge < -0.3 is 15.0 Å². The average molecular weight is 457 g/mol. The van der Waals surface area contributed by atoms with Crippen LogP contribution in [0.3, 0.4) is 0 Å². The van der Waals surface area contributed by atoms with Crippen LogP contribution in [-0.2, 0) is 9.53 Å². The zero-order chi connectivity index (χ0) is 24.2. The minimum atomic E-state index is -1.75. The lowest BCUT2D eigenvalue weighted by atomic mass is 9.91. The van der Waals surface area contributed by atoms with Crippen LogP contribution >= 0.6 is 0 Å². The number of carbonyl (C=O) groups excluding carboxylic acids is 2. The number of nitrogens with zero attached hydrogens (tertiary/aromatic N) is 2. The van der Waals surface area contributed by atoms with Crippen molar-refractivity contribution in [3.8, 4) is 0 Å². The molecule has 0 spiro atoms. The van der Waals surface area contributed by atoms with Crippen LogP contribution in [0.5, 0.6) is 0 Å². The third-order valence-corrected chi connectivity index (χ3v) is 5.08. The molecular weight excluding hydrogens is 431 g/mol. The van der Waals surface area contributed by atoms with E-state index in [0.717, 1.165) is 12.1 Å². The van der Waals surface area contributed by atoms with Crippen molar-refractivity contribution in [1.82, 2.24) is 10.2 Å². The Morgan fingerprint density at radius 3 is 2.28 bits per heavy atom. The fourth-order valence-electron chi connectivity index (χ4n) is 3.36. The number of hydrogen-bond donors (Lipinski definition) is 1. The highest BCUT2D eigenvalue weighted by Crippen LogP contribution is 2.28. The molecule has 1 aromatic rings. The van der Waals surface area contributed by atoms with Crippen molar-refractivity contribution in [2.75, 3.05) is 13.1 Å². The lowest BCUT2D eigenvalue weighted by Crippen LogP contribution is -2.53. The van der Waals surface area contributed by atoms with E-state index in [9.17, 15) is 32.9 Å². The predicted octanol–water partition coefficient (Wildman–Crippen LogP) is 4.50. The molecule has 2 amide bonds. The van der Waals surface area contributed by atoms with Crippen molar-refractivity contribution in [3.05, 3.63) is 51.3 Å². The summed E-state index contributed by atoms with van der Waals surface area (Å²) in [6, 6.07) is 2.03. The highest BCUT2D eigenvalue weighted by molar-refractivity contribution is 5.87. The number of hydrogen-bond acceptors (Lipinski definition) is 5. The zero-order valence-electron chi connectivity index (χ0n) is 18.3. The van der Waals surface area contributed by atoms with E-state index >= 15 is 0 Å². The van der Waals surface area contributed by atoms with Crippen LogP contribution in [0.25, 0.3) is 0 Å². The maximum absolute atomic E-state index is 14.2. The number of piperidine rings is 1.